The first-order valence-electron chi connectivity index (χ1n) is 18.1. The average molecular weight is 707 g/mol. The third-order valence-electron chi connectivity index (χ3n) is 10.4. The molecule has 0 aliphatic carbocycles. The van der Waals surface area contributed by atoms with Crippen LogP contribution in [0.4, 0.5) is 0 Å². The maximum absolute atomic E-state index is 5.12. The van der Waals surface area contributed by atoms with Crippen LogP contribution >= 0.6 is 11.3 Å². The normalized spacial score (nSPS) is 11.7. The molecule has 0 aliphatic heterocycles. The second-order valence-corrected chi connectivity index (χ2v) is 14.7. The molecule has 4 aromatic heterocycles. The van der Waals surface area contributed by atoms with Crippen LogP contribution in [0.1, 0.15) is 0 Å². The first-order chi connectivity index (χ1) is 26.7. The molecule has 0 atom stereocenters. The minimum absolute atomic E-state index is 0.719. The van der Waals surface area contributed by atoms with E-state index in [9.17, 15) is 0 Å². The van der Waals surface area contributed by atoms with Crippen LogP contribution in [-0.4, -0.2) is 19.4 Å². The topological polar surface area (TPSA) is 43.1 Å². The third-order valence-corrected chi connectivity index (χ3v) is 11.6. The van der Waals surface area contributed by atoms with Crippen LogP contribution in [0.25, 0.3) is 104 Å². The van der Waals surface area contributed by atoms with Crippen molar-refractivity contribution in [2.45, 2.75) is 0 Å². The summed E-state index contributed by atoms with van der Waals surface area (Å²) >= 11 is 1.86. The van der Waals surface area contributed by atoms with Crippen molar-refractivity contribution in [1.82, 2.24) is 19.4 Å². The molecule has 0 aliphatic rings. The fourth-order valence-electron chi connectivity index (χ4n) is 7.73. The van der Waals surface area contributed by atoms with Crippen LogP contribution in [0.2, 0.25) is 0 Å². The van der Waals surface area contributed by atoms with Gasteiger partial charge >= 0.3 is 0 Å². The standard InChI is InChI=1S/C49H30N4S/c1-3-11-34(12-4-1)42-30-43(51-48(50-42)36-13-5-2-6-14-36)35-25-23-32(24-26-35)31-19-21-33(22-20-31)37-27-28-45-40(29-37)46-47(54-45)38-15-7-8-16-39(38)49-52-41-17-9-10-18-44(41)53(46)49/h1-30H. The van der Waals surface area contributed by atoms with Gasteiger partial charge in [-0.05, 0) is 52.6 Å². The van der Waals surface area contributed by atoms with E-state index in [2.05, 4.69) is 150 Å². The van der Waals surface area contributed by atoms with E-state index in [1.54, 1.807) is 0 Å². The number of hydrogen-bond acceptors (Lipinski definition) is 4. The van der Waals surface area contributed by atoms with Gasteiger partial charge in [0.1, 0.15) is 5.65 Å². The Kier molecular flexibility index (Phi) is 7.00. The van der Waals surface area contributed by atoms with Gasteiger partial charge in [-0.25, -0.2) is 15.0 Å². The average Bonchev–Trinajstić information content (AvgIpc) is 3.83. The quantitative estimate of drug-likeness (QED) is 0.179. The Balaban J connectivity index is 0.957. The third kappa shape index (κ3) is 5.01. The zero-order chi connectivity index (χ0) is 35.6. The van der Waals surface area contributed by atoms with Crippen molar-refractivity contribution in [2.75, 3.05) is 0 Å². The van der Waals surface area contributed by atoms with Gasteiger partial charge in [-0.1, -0.05) is 152 Å². The Morgan fingerprint density at radius 3 is 1.63 bits per heavy atom. The molecule has 0 N–H and O–H groups in total. The molecule has 0 saturated heterocycles. The van der Waals surface area contributed by atoms with Crippen LogP contribution in [0, 0.1) is 0 Å². The molecule has 11 rings (SSSR count). The van der Waals surface area contributed by atoms with Crippen LogP contribution < -0.4 is 0 Å². The number of para-hydroxylation sites is 2. The molecule has 0 spiro atoms. The maximum atomic E-state index is 5.12. The molecule has 5 heteroatoms. The van der Waals surface area contributed by atoms with E-state index < -0.39 is 0 Å². The number of thiophene rings is 1. The minimum atomic E-state index is 0.719. The second-order valence-electron chi connectivity index (χ2n) is 13.6. The van der Waals surface area contributed by atoms with E-state index in [1.807, 2.05) is 47.7 Å². The molecule has 0 bridgehead atoms. The highest BCUT2D eigenvalue weighted by atomic mass is 32.1. The number of imidazole rings is 1. The van der Waals surface area contributed by atoms with Crippen LogP contribution in [-0.2, 0) is 0 Å². The van der Waals surface area contributed by atoms with E-state index in [0.717, 1.165) is 56.1 Å². The number of aromatic nitrogens is 4. The van der Waals surface area contributed by atoms with Crippen molar-refractivity contribution in [2.24, 2.45) is 0 Å². The van der Waals surface area contributed by atoms with E-state index in [-0.39, 0.29) is 0 Å². The van der Waals surface area contributed by atoms with Gasteiger partial charge in [0.05, 0.1) is 32.6 Å². The molecule has 11 aromatic rings. The minimum Gasteiger partial charge on any atom is -0.290 e. The van der Waals surface area contributed by atoms with E-state index in [4.69, 9.17) is 15.0 Å². The first-order valence-corrected chi connectivity index (χ1v) is 18.9. The van der Waals surface area contributed by atoms with Crippen molar-refractivity contribution in [1.29, 1.82) is 0 Å². The van der Waals surface area contributed by atoms with E-state index in [1.165, 1.54) is 47.8 Å². The lowest BCUT2D eigenvalue weighted by Gasteiger charge is -2.10. The fourth-order valence-corrected chi connectivity index (χ4v) is 8.94. The molecule has 0 fully saturated rings. The smallest absolute Gasteiger partial charge is 0.160 e. The highest BCUT2D eigenvalue weighted by Gasteiger charge is 2.18. The van der Waals surface area contributed by atoms with E-state index >= 15 is 0 Å². The molecule has 0 amide bonds. The molecule has 0 unspecified atom stereocenters. The summed E-state index contributed by atoms with van der Waals surface area (Å²) in [6.45, 7) is 0. The zero-order valence-electron chi connectivity index (χ0n) is 29.0. The lowest BCUT2D eigenvalue weighted by Crippen LogP contribution is -1.95. The summed E-state index contributed by atoms with van der Waals surface area (Å²) in [6.07, 6.45) is 0. The number of benzene rings is 7. The summed E-state index contributed by atoms with van der Waals surface area (Å²) in [4.78, 5) is 15.1. The van der Waals surface area contributed by atoms with Gasteiger partial charge in [-0.2, -0.15) is 0 Å². The van der Waals surface area contributed by atoms with Crippen molar-refractivity contribution in [3.05, 3.63) is 182 Å². The molecule has 0 radical (unpaired) electrons. The summed E-state index contributed by atoms with van der Waals surface area (Å²) < 4.78 is 4.94. The summed E-state index contributed by atoms with van der Waals surface area (Å²) in [7, 11) is 0. The van der Waals surface area contributed by atoms with Gasteiger partial charge in [-0.3, -0.25) is 4.40 Å². The lowest BCUT2D eigenvalue weighted by atomic mass is 9.98. The molecule has 54 heavy (non-hydrogen) atoms. The highest BCUT2D eigenvalue weighted by Crippen LogP contribution is 2.42. The van der Waals surface area contributed by atoms with Crippen molar-refractivity contribution >= 4 is 59.1 Å². The van der Waals surface area contributed by atoms with Gasteiger partial charge < -0.3 is 0 Å². The van der Waals surface area contributed by atoms with Crippen molar-refractivity contribution in [3.8, 4) is 56.2 Å². The second kappa shape index (κ2) is 12.3. The molecule has 4 heterocycles. The lowest BCUT2D eigenvalue weighted by molar-refractivity contribution is 1.18. The maximum Gasteiger partial charge on any atom is 0.160 e. The molecular weight excluding hydrogens is 677 g/mol. The predicted molar refractivity (Wildman–Crippen MR) is 226 cm³/mol. The van der Waals surface area contributed by atoms with Crippen molar-refractivity contribution < 1.29 is 0 Å². The van der Waals surface area contributed by atoms with Crippen molar-refractivity contribution in [3.63, 3.8) is 0 Å². The van der Waals surface area contributed by atoms with Gasteiger partial charge in [0.2, 0.25) is 0 Å². The molecular formula is C49H30N4S. The van der Waals surface area contributed by atoms with Crippen LogP contribution in [0.15, 0.2) is 182 Å². The Hall–Kier alpha value is -6.95. The Morgan fingerprint density at radius 2 is 0.926 bits per heavy atom. The summed E-state index contributed by atoms with van der Waals surface area (Å²) in [5.74, 6) is 0.719. The SMILES string of the molecule is c1ccc(-c2cc(-c3ccc(-c4ccc(-c5ccc6sc7c8ccccc8c8nc9ccccc9n8c7c6c5)cc4)cc3)nc(-c3ccccc3)n2)cc1. The summed E-state index contributed by atoms with van der Waals surface area (Å²) in [5.41, 5.74) is 14.0. The van der Waals surface area contributed by atoms with E-state index in [0.29, 0.717) is 0 Å². The largest absolute Gasteiger partial charge is 0.290 e. The first kappa shape index (κ1) is 30.7. The summed E-state index contributed by atoms with van der Waals surface area (Å²) in [6, 6.07) is 64.2. The Labute approximate surface area is 315 Å². The number of hydrogen-bond donors (Lipinski definition) is 0. The van der Waals surface area contributed by atoms with Gasteiger partial charge in [0.25, 0.3) is 0 Å². The molecule has 0 saturated carbocycles. The predicted octanol–water partition coefficient (Wildman–Crippen LogP) is 13.1. The zero-order valence-corrected chi connectivity index (χ0v) is 29.8. The number of rotatable bonds is 5. The Bertz CT molecular complexity index is 3120. The Morgan fingerprint density at radius 1 is 0.389 bits per heavy atom. The number of fused-ring (bicyclic) bond motifs is 10. The number of nitrogens with zero attached hydrogens (tertiary/aromatic N) is 4. The van der Waals surface area contributed by atoms with Gasteiger partial charge in [0.15, 0.2) is 5.82 Å². The fraction of sp³-hybridized carbons (Fsp3) is 0. The molecule has 7 aromatic carbocycles. The van der Waals surface area contributed by atoms with Gasteiger partial charge in [0, 0.05) is 37.5 Å². The number of pyridine rings is 1. The molecule has 252 valence electrons. The molecule has 4 nitrogen and oxygen atoms in total. The van der Waals surface area contributed by atoms with Crippen LogP contribution in [0.5, 0.6) is 0 Å². The monoisotopic (exact) mass is 706 g/mol. The highest BCUT2D eigenvalue weighted by molar-refractivity contribution is 7.26. The van der Waals surface area contributed by atoms with Gasteiger partial charge in [-0.15, -0.1) is 11.3 Å². The summed E-state index contributed by atoms with van der Waals surface area (Å²) in [5, 5.41) is 3.69. The van der Waals surface area contributed by atoms with Crippen LogP contribution in [0.3, 0.4) is 0 Å².